The molecular formula is C26H30N5O2+. The van der Waals surface area contributed by atoms with E-state index in [1.807, 2.05) is 36.2 Å². The van der Waals surface area contributed by atoms with E-state index in [2.05, 4.69) is 53.1 Å². The average Bonchev–Trinajstić information content (AvgIpc) is 3.14. The fourth-order valence-electron chi connectivity index (χ4n) is 4.58. The van der Waals surface area contributed by atoms with Crippen molar-refractivity contribution in [2.24, 2.45) is 0 Å². The minimum Gasteiger partial charge on any atom is -0.507 e. The van der Waals surface area contributed by atoms with Crippen molar-refractivity contribution in [1.82, 2.24) is 14.9 Å². The molecule has 0 fully saturated rings. The number of methoxy groups -OCH3 is 1. The van der Waals surface area contributed by atoms with Gasteiger partial charge in [0.05, 0.1) is 35.7 Å². The van der Waals surface area contributed by atoms with Crippen molar-refractivity contribution in [1.29, 1.82) is 0 Å². The Morgan fingerprint density at radius 2 is 2.00 bits per heavy atom. The van der Waals surface area contributed by atoms with Crippen molar-refractivity contribution in [2.75, 3.05) is 32.1 Å². The van der Waals surface area contributed by atoms with Gasteiger partial charge < -0.3 is 14.7 Å². The van der Waals surface area contributed by atoms with Crippen LogP contribution < -0.4 is 9.64 Å². The molecule has 7 nitrogen and oxygen atoms in total. The Hall–Kier alpha value is -3.45. The number of nitrogens with zero attached hydrogens (tertiary/aromatic N) is 5. The molecule has 1 N–H and O–H groups in total. The lowest BCUT2D eigenvalue weighted by molar-refractivity contribution is -0.414. The zero-order valence-corrected chi connectivity index (χ0v) is 19.6. The maximum Gasteiger partial charge on any atom is 0.165 e. The SMILES string of the molecule is COc1cc(O)c2c(c1)N(c1ccc3ncc(C4C=C[N+](C)=C4)nc3c1)CCN(C(C)C)C2. The van der Waals surface area contributed by atoms with Crippen molar-refractivity contribution in [3.63, 3.8) is 0 Å². The van der Waals surface area contributed by atoms with Crippen molar-refractivity contribution in [3.05, 3.63) is 60.1 Å². The highest BCUT2D eigenvalue weighted by molar-refractivity contribution is 5.82. The molecule has 7 heteroatoms. The van der Waals surface area contributed by atoms with E-state index in [0.29, 0.717) is 18.3 Å². The second-order valence-electron chi connectivity index (χ2n) is 9.01. The van der Waals surface area contributed by atoms with Gasteiger partial charge in [0.15, 0.2) is 12.4 Å². The quantitative estimate of drug-likeness (QED) is 0.613. The molecule has 170 valence electrons. The van der Waals surface area contributed by atoms with E-state index in [1.165, 1.54) is 0 Å². The first-order chi connectivity index (χ1) is 15.9. The van der Waals surface area contributed by atoms with Gasteiger partial charge in [-0.25, -0.2) is 9.56 Å². The Kier molecular flexibility index (Phi) is 5.50. The number of rotatable bonds is 4. The number of phenolic OH excluding ortho intramolecular Hbond substituents is 1. The summed E-state index contributed by atoms with van der Waals surface area (Å²) in [6, 6.07) is 10.3. The molecule has 2 aromatic carbocycles. The molecule has 2 aliphatic rings. The summed E-state index contributed by atoms with van der Waals surface area (Å²) in [5, 5.41) is 10.8. The van der Waals surface area contributed by atoms with E-state index in [4.69, 9.17) is 9.72 Å². The topological polar surface area (TPSA) is 64.7 Å². The molecule has 2 aliphatic heterocycles. The molecule has 1 aromatic heterocycles. The second kappa shape index (κ2) is 8.48. The van der Waals surface area contributed by atoms with E-state index < -0.39 is 0 Å². The summed E-state index contributed by atoms with van der Waals surface area (Å²) in [6.45, 7) is 6.74. The average molecular weight is 445 g/mol. The first-order valence-electron chi connectivity index (χ1n) is 11.4. The summed E-state index contributed by atoms with van der Waals surface area (Å²) < 4.78 is 7.52. The van der Waals surface area contributed by atoms with Crippen LogP contribution in [0.15, 0.2) is 48.8 Å². The van der Waals surface area contributed by atoms with Crippen LogP contribution in [0.25, 0.3) is 11.0 Å². The third-order valence-corrected chi connectivity index (χ3v) is 6.53. The van der Waals surface area contributed by atoms with Crippen molar-refractivity contribution in [3.8, 4) is 11.5 Å². The predicted molar refractivity (Wildman–Crippen MR) is 131 cm³/mol. The summed E-state index contributed by atoms with van der Waals surface area (Å²) in [5.74, 6) is 1.04. The zero-order valence-electron chi connectivity index (χ0n) is 19.6. The standard InChI is InChI=1S/C26H29N5O2/c1-17(2)30-9-10-31(25-12-20(33-4)13-26(32)21(25)16-30)19-5-6-22-23(11-19)28-24(14-27-22)18-7-8-29(3)15-18/h5-8,11-15,17-18H,9-10,16H2,1-4H3/p+1. The summed E-state index contributed by atoms with van der Waals surface area (Å²) >= 11 is 0. The number of benzene rings is 2. The van der Waals surface area contributed by atoms with Gasteiger partial charge in [0.2, 0.25) is 0 Å². The highest BCUT2D eigenvalue weighted by atomic mass is 16.5. The number of aromatic nitrogens is 2. The lowest BCUT2D eigenvalue weighted by atomic mass is 10.1. The predicted octanol–water partition coefficient (Wildman–Crippen LogP) is 4.03. The summed E-state index contributed by atoms with van der Waals surface area (Å²) in [5.41, 5.74) is 5.56. The van der Waals surface area contributed by atoms with Gasteiger partial charge in [0.1, 0.15) is 24.5 Å². The normalized spacial score (nSPS) is 18.5. The van der Waals surface area contributed by atoms with Gasteiger partial charge in [-0.1, -0.05) is 0 Å². The molecule has 0 spiro atoms. The van der Waals surface area contributed by atoms with E-state index in [0.717, 1.165) is 46.8 Å². The molecule has 3 heterocycles. The molecule has 3 aromatic rings. The number of phenols is 1. The Balaban J connectivity index is 1.59. The molecule has 0 saturated carbocycles. The largest absolute Gasteiger partial charge is 0.507 e. The first-order valence-corrected chi connectivity index (χ1v) is 11.4. The molecule has 33 heavy (non-hydrogen) atoms. The van der Waals surface area contributed by atoms with Crippen molar-refractivity contribution >= 4 is 28.6 Å². The fourth-order valence-corrected chi connectivity index (χ4v) is 4.58. The van der Waals surface area contributed by atoms with Crippen LogP contribution in [0.4, 0.5) is 11.4 Å². The van der Waals surface area contributed by atoms with Crippen molar-refractivity contribution < 1.29 is 14.4 Å². The maximum atomic E-state index is 10.8. The van der Waals surface area contributed by atoms with Crippen LogP contribution in [-0.4, -0.2) is 64.1 Å². The third-order valence-electron chi connectivity index (χ3n) is 6.53. The Morgan fingerprint density at radius 1 is 1.15 bits per heavy atom. The van der Waals surface area contributed by atoms with Gasteiger partial charge in [-0.05, 0) is 38.1 Å². The van der Waals surface area contributed by atoms with Crippen LogP contribution in [0.3, 0.4) is 0 Å². The number of anilines is 2. The molecule has 1 atom stereocenters. The molecule has 0 aliphatic carbocycles. The van der Waals surface area contributed by atoms with Gasteiger partial charge >= 0.3 is 0 Å². The smallest absolute Gasteiger partial charge is 0.165 e. The van der Waals surface area contributed by atoms with Gasteiger partial charge in [0.25, 0.3) is 0 Å². The number of fused-ring (bicyclic) bond motifs is 2. The molecule has 1 unspecified atom stereocenters. The lowest BCUT2D eigenvalue weighted by Crippen LogP contribution is -2.34. The Morgan fingerprint density at radius 3 is 2.73 bits per heavy atom. The number of aromatic hydroxyl groups is 1. The monoisotopic (exact) mass is 444 g/mol. The Labute approximate surface area is 194 Å². The number of hydrogen-bond acceptors (Lipinski definition) is 6. The highest BCUT2D eigenvalue weighted by Crippen LogP contribution is 2.40. The molecular weight excluding hydrogens is 414 g/mol. The van der Waals surface area contributed by atoms with E-state index in [-0.39, 0.29) is 11.7 Å². The molecule has 5 rings (SSSR count). The fraction of sp³-hybridized carbons (Fsp3) is 0.346. The zero-order chi connectivity index (χ0) is 23.1. The first kappa shape index (κ1) is 21.4. The van der Waals surface area contributed by atoms with Gasteiger partial charge in [-0.3, -0.25) is 9.88 Å². The summed E-state index contributed by atoms with van der Waals surface area (Å²) in [7, 11) is 3.64. The van der Waals surface area contributed by atoms with Crippen LogP contribution in [0.5, 0.6) is 11.5 Å². The number of allylic oxidation sites excluding steroid dienone is 1. The lowest BCUT2D eigenvalue weighted by Gasteiger charge is -2.26. The van der Waals surface area contributed by atoms with E-state index in [9.17, 15) is 5.11 Å². The minimum atomic E-state index is 0.135. The van der Waals surface area contributed by atoms with Gasteiger partial charge in [-0.2, -0.15) is 0 Å². The van der Waals surface area contributed by atoms with Crippen LogP contribution in [0.1, 0.15) is 31.0 Å². The second-order valence-corrected chi connectivity index (χ2v) is 9.01. The van der Waals surface area contributed by atoms with Crippen molar-refractivity contribution in [2.45, 2.75) is 32.4 Å². The number of hydrogen-bond donors (Lipinski definition) is 1. The minimum absolute atomic E-state index is 0.135. The Bertz CT molecular complexity index is 1270. The molecule has 0 radical (unpaired) electrons. The van der Waals surface area contributed by atoms with Gasteiger partial charge in [-0.15, -0.1) is 0 Å². The van der Waals surface area contributed by atoms with E-state index in [1.54, 1.807) is 13.2 Å². The summed E-state index contributed by atoms with van der Waals surface area (Å²) in [6.07, 6.45) is 8.15. The van der Waals surface area contributed by atoms with Crippen LogP contribution in [0, 0.1) is 0 Å². The van der Waals surface area contributed by atoms with E-state index >= 15 is 0 Å². The maximum absolute atomic E-state index is 10.8. The van der Waals surface area contributed by atoms with Gasteiger partial charge in [0, 0.05) is 49.1 Å². The third kappa shape index (κ3) is 4.04. The van der Waals surface area contributed by atoms with Crippen LogP contribution >= 0.6 is 0 Å². The number of ether oxygens (including phenoxy) is 1. The molecule has 0 bridgehead atoms. The molecule has 0 saturated heterocycles. The van der Waals surface area contributed by atoms with Crippen LogP contribution in [-0.2, 0) is 6.54 Å². The summed E-state index contributed by atoms with van der Waals surface area (Å²) in [4.78, 5) is 14.2. The molecule has 0 amide bonds. The highest BCUT2D eigenvalue weighted by Gasteiger charge is 2.26. The van der Waals surface area contributed by atoms with Crippen LogP contribution in [0.2, 0.25) is 0 Å².